The molecule has 0 bridgehead atoms. The van der Waals surface area contributed by atoms with Gasteiger partial charge in [0, 0.05) is 12.8 Å². The molecule has 0 rings (SSSR count). The molecule has 0 saturated carbocycles. The van der Waals surface area contributed by atoms with Crippen LogP contribution in [0.5, 0.6) is 0 Å². The van der Waals surface area contributed by atoms with Crippen molar-refractivity contribution in [1.82, 2.24) is 5.32 Å². The molecular formula is C37H70N2O5. The third-order valence-electron chi connectivity index (χ3n) is 8.31. The fourth-order valence-corrected chi connectivity index (χ4v) is 5.51. The van der Waals surface area contributed by atoms with Crippen LogP contribution in [0.4, 0.5) is 0 Å². The van der Waals surface area contributed by atoms with Crippen molar-refractivity contribution in [3.05, 3.63) is 12.2 Å². The fourth-order valence-electron chi connectivity index (χ4n) is 5.51. The molecule has 0 aromatic carbocycles. The first kappa shape index (κ1) is 42.1. The minimum Gasteiger partial charge on any atom is -0.480 e. The van der Waals surface area contributed by atoms with Crippen molar-refractivity contribution in [3.8, 4) is 0 Å². The van der Waals surface area contributed by atoms with E-state index in [2.05, 4.69) is 31.3 Å². The lowest BCUT2D eigenvalue weighted by atomic mass is 10.0. The number of allylic oxidation sites excluding steroid dienone is 2. The molecule has 2 atom stereocenters. The van der Waals surface area contributed by atoms with Gasteiger partial charge in [-0.15, -0.1) is 0 Å². The molecule has 0 aromatic rings. The lowest BCUT2D eigenvalue weighted by molar-refractivity contribution is -0.150. The summed E-state index contributed by atoms with van der Waals surface area (Å²) < 4.78 is 5.98. The van der Waals surface area contributed by atoms with Crippen LogP contribution in [0.3, 0.4) is 0 Å². The van der Waals surface area contributed by atoms with Crippen LogP contribution in [0.2, 0.25) is 0 Å². The summed E-state index contributed by atoms with van der Waals surface area (Å²) in [5, 5.41) is 11.9. The molecule has 0 aromatic heterocycles. The number of ether oxygens (including phenoxy) is 1. The van der Waals surface area contributed by atoms with E-state index < -0.39 is 12.0 Å². The number of unbranched alkanes of at least 4 members (excludes halogenated alkanes) is 17. The van der Waals surface area contributed by atoms with Gasteiger partial charge in [-0.1, -0.05) is 116 Å². The molecule has 7 heteroatoms. The zero-order valence-corrected chi connectivity index (χ0v) is 28.8. The molecule has 0 aliphatic carbocycles. The fraction of sp³-hybridized carbons (Fsp3) is 0.865. The van der Waals surface area contributed by atoms with E-state index in [1.807, 2.05) is 0 Å². The highest BCUT2D eigenvalue weighted by Crippen LogP contribution is 2.19. The van der Waals surface area contributed by atoms with Crippen molar-refractivity contribution in [3.63, 3.8) is 0 Å². The molecule has 7 nitrogen and oxygen atoms in total. The van der Waals surface area contributed by atoms with Gasteiger partial charge >= 0.3 is 11.9 Å². The first-order valence-electron chi connectivity index (χ1n) is 18.5. The molecule has 44 heavy (non-hydrogen) atoms. The second-order valence-electron chi connectivity index (χ2n) is 12.6. The van der Waals surface area contributed by atoms with E-state index in [-0.39, 0.29) is 18.0 Å². The molecule has 0 spiro atoms. The second-order valence-corrected chi connectivity index (χ2v) is 12.6. The lowest BCUT2D eigenvalue weighted by Crippen LogP contribution is -2.40. The van der Waals surface area contributed by atoms with Gasteiger partial charge in [-0.3, -0.25) is 9.59 Å². The van der Waals surface area contributed by atoms with Crippen LogP contribution in [-0.2, 0) is 19.1 Å². The predicted octanol–water partition coefficient (Wildman–Crippen LogP) is 9.56. The van der Waals surface area contributed by atoms with E-state index in [0.29, 0.717) is 32.2 Å². The van der Waals surface area contributed by atoms with Crippen LogP contribution in [0, 0.1) is 0 Å². The van der Waals surface area contributed by atoms with E-state index in [0.717, 1.165) is 64.2 Å². The Morgan fingerprint density at radius 1 is 0.636 bits per heavy atom. The van der Waals surface area contributed by atoms with Crippen molar-refractivity contribution in [1.29, 1.82) is 0 Å². The number of hydrogen-bond donors (Lipinski definition) is 3. The third-order valence-corrected chi connectivity index (χ3v) is 8.31. The van der Waals surface area contributed by atoms with E-state index >= 15 is 0 Å². The van der Waals surface area contributed by atoms with Crippen LogP contribution in [0.15, 0.2) is 12.2 Å². The van der Waals surface area contributed by atoms with Gasteiger partial charge in [-0.2, -0.15) is 0 Å². The predicted molar refractivity (Wildman–Crippen MR) is 184 cm³/mol. The number of esters is 1. The van der Waals surface area contributed by atoms with Gasteiger partial charge < -0.3 is 20.9 Å². The molecule has 0 radical (unpaired) electrons. The highest BCUT2D eigenvalue weighted by atomic mass is 16.5. The first-order valence-corrected chi connectivity index (χ1v) is 18.5. The highest BCUT2D eigenvalue weighted by molar-refractivity contribution is 5.83. The zero-order chi connectivity index (χ0) is 32.5. The SMILES string of the molecule is CCC/C=C\CCCCCCCC(=O)OC(CCCCCCCCCC)CCCCCCCC(=O)NC(CCCN)C(=O)O. The van der Waals surface area contributed by atoms with Gasteiger partial charge in [0.05, 0.1) is 0 Å². The van der Waals surface area contributed by atoms with Crippen molar-refractivity contribution in [2.45, 2.75) is 199 Å². The zero-order valence-electron chi connectivity index (χ0n) is 28.8. The molecule has 0 fully saturated rings. The van der Waals surface area contributed by atoms with Crippen LogP contribution in [0.1, 0.15) is 187 Å². The summed E-state index contributed by atoms with van der Waals surface area (Å²) in [6, 6.07) is -0.852. The summed E-state index contributed by atoms with van der Waals surface area (Å²) >= 11 is 0. The van der Waals surface area contributed by atoms with Gasteiger partial charge in [-0.05, 0) is 77.2 Å². The molecule has 1 amide bonds. The maximum atomic E-state index is 12.6. The van der Waals surface area contributed by atoms with Gasteiger partial charge in [0.1, 0.15) is 12.1 Å². The van der Waals surface area contributed by atoms with Crippen molar-refractivity contribution in [2.24, 2.45) is 5.73 Å². The van der Waals surface area contributed by atoms with Crippen molar-refractivity contribution in [2.75, 3.05) is 6.54 Å². The first-order chi connectivity index (χ1) is 21.4. The second kappa shape index (κ2) is 32.5. The maximum Gasteiger partial charge on any atom is 0.326 e. The number of carbonyl (C=O) groups excluding carboxylic acids is 2. The number of amides is 1. The molecule has 2 unspecified atom stereocenters. The van der Waals surface area contributed by atoms with Gasteiger partial charge in [0.15, 0.2) is 0 Å². The summed E-state index contributed by atoms with van der Waals surface area (Å²) in [6.07, 6.45) is 32.5. The van der Waals surface area contributed by atoms with Crippen LogP contribution in [0.25, 0.3) is 0 Å². The summed E-state index contributed by atoms with van der Waals surface area (Å²) in [4.78, 5) is 36.1. The van der Waals surface area contributed by atoms with Crippen molar-refractivity contribution < 1.29 is 24.2 Å². The van der Waals surface area contributed by atoms with E-state index in [1.165, 1.54) is 83.5 Å². The Morgan fingerprint density at radius 2 is 1.16 bits per heavy atom. The van der Waals surface area contributed by atoms with Crippen LogP contribution >= 0.6 is 0 Å². The summed E-state index contributed by atoms with van der Waals surface area (Å²) in [6.45, 7) is 4.87. The highest BCUT2D eigenvalue weighted by Gasteiger charge is 2.19. The largest absolute Gasteiger partial charge is 0.480 e. The monoisotopic (exact) mass is 623 g/mol. The smallest absolute Gasteiger partial charge is 0.326 e. The molecular weight excluding hydrogens is 552 g/mol. The Bertz CT molecular complexity index is 712. The number of carbonyl (C=O) groups is 3. The molecule has 0 heterocycles. The standard InChI is InChI=1S/C37H70N2O5/c1-3-5-7-9-11-13-14-16-21-25-31-36(41)44-33(27-22-18-15-12-10-8-6-4-2)28-23-19-17-20-24-30-35(40)39-34(37(42)43)29-26-32-38/h7,9,33-34H,3-6,8,10-32,38H2,1-2H3,(H,39,40)(H,42,43)/b9-7-. The maximum absolute atomic E-state index is 12.6. The normalized spacial score (nSPS) is 12.8. The summed E-state index contributed by atoms with van der Waals surface area (Å²) in [5.74, 6) is -1.24. The molecule has 0 aliphatic rings. The number of nitrogens with one attached hydrogen (secondary N) is 1. The topological polar surface area (TPSA) is 119 Å². The van der Waals surface area contributed by atoms with E-state index in [4.69, 9.17) is 10.5 Å². The third kappa shape index (κ3) is 28.9. The minimum atomic E-state index is -1.00. The minimum absolute atomic E-state index is 0.0183. The van der Waals surface area contributed by atoms with E-state index in [1.54, 1.807) is 0 Å². The summed E-state index contributed by atoms with van der Waals surface area (Å²) in [7, 11) is 0. The van der Waals surface area contributed by atoms with Crippen LogP contribution in [-0.4, -0.2) is 41.6 Å². The number of nitrogens with two attached hydrogens (primary N) is 1. The average molecular weight is 623 g/mol. The van der Waals surface area contributed by atoms with Gasteiger partial charge in [-0.25, -0.2) is 4.79 Å². The number of rotatable bonds is 33. The average Bonchev–Trinajstić information content (AvgIpc) is 3.00. The number of aliphatic carboxylic acids is 1. The Labute approximate surface area is 270 Å². The van der Waals surface area contributed by atoms with Crippen molar-refractivity contribution >= 4 is 17.8 Å². The quantitative estimate of drug-likeness (QED) is 0.0381. The Morgan fingerprint density at radius 3 is 1.73 bits per heavy atom. The van der Waals surface area contributed by atoms with Gasteiger partial charge in [0.2, 0.25) is 5.91 Å². The number of carboxylic acids is 1. The van der Waals surface area contributed by atoms with E-state index in [9.17, 15) is 19.5 Å². The molecule has 0 aliphatic heterocycles. The molecule has 0 saturated heterocycles. The van der Waals surface area contributed by atoms with Gasteiger partial charge in [0.25, 0.3) is 0 Å². The number of carboxylic acid groups (broad SMARTS) is 1. The Kier molecular flexibility index (Phi) is 31.1. The Hall–Kier alpha value is -1.89. The Balaban J connectivity index is 4.27. The number of hydrogen-bond acceptors (Lipinski definition) is 5. The summed E-state index contributed by atoms with van der Waals surface area (Å²) in [5.41, 5.74) is 5.46. The molecule has 258 valence electrons. The van der Waals surface area contributed by atoms with Crippen LogP contribution < -0.4 is 11.1 Å². The lowest BCUT2D eigenvalue weighted by Gasteiger charge is -2.18. The molecule has 4 N–H and O–H groups in total.